The number of carbonyl (C=O) groups is 1. The van der Waals surface area contributed by atoms with Gasteiger partial charge in [0.2, 0.25) is 11.7 Å². The van der Waals surface area contributed by atoms with Gasteiger partial charge in [-0.25, -0.2) is 0 Å². The molecule has 0 saturated carbocycles. The lowest BCUT2D eigenvalue weighted by Gasteiger charge is -2.13. The Bertz CT molecular complexity index is 987. The monoisotopic (exact) mass is 474 g/mol. The predicted molar refractivity (Wildman–Crippen MR) is 102 cm³/mol. The summed E-state index contributed by atoms with van der Waals surface area (Å²) in [7, 11) is 0. The van der Waals surface area contributed by atoms with E-state index in [0.717, 1.165) is 17.8 Å². The van der Waals surface area contributed by atoms with Crippen LogP contribution >= 0.6 is 27.7 Å². The van der Waals surface area contributed by atoms with E-state index in [2.05, 4.69) is 31.4 Å². The fraction of sp³-hybridized carbons (Fsp3) is 0.235. The van der Waals surface area contributed by atoms with Crippen LogP contribution in [-0.2, 0) is 17.5 Å². The van der Waals surface area contributed by atoms with Gasteiger partial charge < -0.3 is 9.73 Å². The minimum absolute atomic E-state index is 0.119. The molecule has 0 atom stereocenters. The van der Waals surface area contributed by atoms with Crippen molar-refractivity contribution >= 4 is 39.3 Å². The van der Waals surface area contributed by atoms with Gasteiger partial charge in [-0.1, -0.05) is 23.9 Å². The number of thioether (sulfide) groups is 1. The highest BCUT2D eigenvalue weighted by molar-refractivity contribution is 9.10. The summed E-state index contributed by atoms with van der Waals surface area (Å²) in [5.41, 5.74) is -1.17. The van der Waals surface area contributed by atoms with Crippen LogP contribution in [0.3, 0.4) is 0 Å². The molecule has 1 aromatic carbocycles. The number of benzene rings is 1. The average Bonchev–Trinajstić information content (AvgIpc) is 3.25. The summed E-state index contributed by atoms with van der Waals surface area (Å²) in [5, 5.41) is 10.9. The SMILES string of the molecule is CCn1c(SCC(=O)Nc2ccccc2C(F)(F)F)nnc1-c1ccc(Br)o1. The molecule has 3 rings (SSSR count). The Balaban J connectivity index is 1.70. The van der Waals surface area contributed by atoms with Crippen LogP contribution in [0, 0.1) is 0 Å². The van der Waals surface area contributed by atoms with Crippen LogP contribution in [0.1, 0.15) is 12.5 Å². The van der Waals surface area contributed by atoms with Crippen molar-refractivity contribution in [3.05, 3.63) is 46.6 Å². The number of amides is 1. The predicted octanol–water partition coefficient (Wildman–Crippen LogP) is 5.07. The molecule has 0 radical (unpaired) electrons. The molecule has 0 spiro atoms. The summed E-state index contributed by atoms with van der Waals surface area (Å²) in [6, 6.07) is 8.29. The number of aromatic nitrogens is 3. The largest absolute Gasteiger partial charge is 0.446 e. The molecule has 2 heterocycles. The average molecular weight is 475 g/mol. The van der Waals surface area contributed by atoms with Gasteiger partial charge in [0.25, 0.3) is 0 Å². The number of carbonyl (C=O) groups excluding carboxylic acids is 1. The fourth-order valence-corrected chi connectivity index (χ4v) is 3.56. The minimum atomic E-state index is -4.55. The number of furan rings is 1. The van der Waals surface area contributed by atoms with E-state index < -0.39 is 17.6 Å². The molecule has 0 bridgehead atoms. The van der Waals surface area contributed by atoms with Crippen molar-refractivity contribution in [3.8, 4) is 11.6 Å². The third-order valence-corrected chi connectivity index (χ3v) is 5.06. The first-order chi connectivity index (χ1) is 13.3. The van der Waals surface area contributed by atoms with E-state index in [1.807, 2.05) is 6.92 Å². The third kappa shape index (κ3) is 4.58. The summed E-state index contributed by atoms with van der Waals surface area (Å²) in [6.07, 6.45) is -4.55. The van der Waals surface area contributed by atoms with Crippen LogP contribution < -0.4 is 5.32 Å². The molecular formula is C17H14BrF3N4O2S. The normalized spacial score (nSPS) is 11.6. The van der Waals surface area contributed by atoms with Crippen LogP contribution in [0.4, 0.5) is 18.9 Å². The second-order valence-corrected chi connectivity index (χ2v) is 7.26. The third-order valence-electron chi connectivity index (χ3n) is 3.67. The standard InChI is InChI=1S/C17H14BrF3N4O2S/c1-2-25-15(12-7-8-13(18)27-12)23-24-16(25)28-9-14(26)22-11-6-4-3-5-10(11)17(19,20)21/h3-8H,2,9H2,1H3,(H,22,26). The first-order valence-electron chi connectivity index (χ1n) is 8.07. The van der Waals surface area contributed by atoms with Gasteiger partial charge in [-0.15, -0.1) is 10.2 Å². The highest BCUT2D eigenvalue weighted by atomic mass is 79.9. The second-order valence-electron chi connectivity index (χ2n) is 5.53. The van der Waals surface area contributed by atoms with Crippen LogP contribution in [0.15, 0.2) is 50.6 Å². The first-order valence-corrected chi connectivity index (χ1v) is 9.85. The van der Waals surface area contributed by atoms with Crippen molar-refractivity contribution in [2.75, 3.05) is 11.1 Å². The Morgan fingerprint density at radius 3 is 2.64 bits per heavy atom. The van der Waals surface area contributed by atoms with E-state index in [4.69, 9.17) is 4.42 Å². The van der Waals surface area contributed by atoms with E-state index in [1.165, 1.54) is 18.2 Å². The van der Waals surface area contributed by atoms with E-state index >= 15 is 0 Å². The van der Waals surface area contributed by atoms with Gasteiger partial charge in [-0.2, -0.15) is 13.2 Å². The Labute approximate surface area is 170 Å². The second kappa shape index (κ2) is 8.39. The summed E-state index contributed by atoms with van der Waals surface area (Å²) in [5.74, 6) is 0.316. The van der Waals surface area contributed by atoms with E-state index in [-0.39, 0.29) is 11.4 Å². The van der Waals surface area contributed by atoms with Gasteiger partial charge in [0.05, 0.1) is 17.0 Å². The lowest BCUT2D eigenvalue weighted by molar-refractivity contribution is -0.137. The zero-order valence-electron chi connectivity index (χ0n) is 14.5. The molecule has 28 heavy (non-hydrogen) atoms. The quantitative estimate of drug-likeness (QED) is 0.504. The van der Waals surface area contributed by atoms with Crippen LogP contribution in [0.5, 0.6) is 0 Å². The number of rotatable bonds is 6. The lowest BCUT2D eigenvalue weighted by Crippen LogP contribution is -2.18. The molecule has 0 aliphatic rings. The van der Waals surface area contributed by atoms with Gasteiger partial charge in [0.15, 0.2) is 15.6 Å². The molecule has 0 unspecified atom stereocenters. The van der Waals surface area contributed by atoms with E-state index in [0.29, 0.717) is 28.0 Å². The van der Waals surface area contributed by atoms with Crippen molar-refractivity contribution in [1.82, 2.24) is 14.8 Å². The Morgan fingerprint density at radius 1 is 1.25 bits per heavy atom. The molecule has 2 aromatic heterocycles. The fourth-order valence-electron chi connectivity index (χ4n) is 2.45. The number of alkyl halides is 3. The van der Waals surface area contributed by atoms with Gasteiger partial charge in [0, 0.05) is 6.54 Å². The van der Waals surface area contributed by atoms with Crippen molar-refractivity contribution in [3.63, 3.8) is 0 Å². The highest BCUT2D eigenvalue weighted by Gasteiger charge is 2.33. The van der Waals surface area contributed by atoms with Gasteiger partial charge >= 0.3 is 6.18 Å². The smallest absolute Gasteiger partial charge is 0.418 e. The molecule has 148 valence electrons. The topological polar surface area (TPSA) is 73.0 Å². The van der Waals surface area contributed by atoms with Crippen LogP contribution in [-0.4, -0.2) is 26.4 Å². The van der Waals surface area contributed by atoms with E-state index in [9.17, 15) is 18.0 Å². The van der Waals surface area contributed by atoms with Crippen molar-refractivity contribution in [2.45, 2.75) is 24.8 Å². The van der Waals surface area contributed by atoms with Crippen molar-refractivity contribution < 1.29 is 22.4 Å². The molecule has 11 heteroatoms. The number of hydrogen-bond acceptors (Lipinski definition) is 5. The van der Waals surface area contributed by atoms with Crippen LogP contribution in [0.25, 0.3) is 11.6 Å². The molecule has 0 aliphatic heterocycles. The molecule has 1 N–H and O–H groups in total. The summed E-state index contributed by atoms with van der Waals surface area (Å²) in [6.45, 7) is 2.41. The molecule has 0 saturated heterocycles. The lowest BCUT2D eigenvalue weighted by atomic mass is 10.1. The Hall–Kier alpha value is -2.27. The zero-order valence-corrected chi connectivity index (χ0v) is 16.9. The Kier molecular flexibility index (Phi) is 6.14. The summed E-state index contributed by atoms with van der Waals surface area (Å²) in [4.78, 5) is 12.2. The number of nitrogens with one attached hydrogen (secondary N) is 1. The highest BCUT2D eigenvalue weighted by Crippen LogP contribution is 2.34. The number of anilines is 1. The van der Waals surface area contributed by atoms with E-state index in [1.54, 1.807) is 16.7 Å². The zero-order chi connectivity index (χ0) is 20.3. The molecule has 3 aromatic rings. The summed E-state index contributed by atoms with van der Waals surface area (Å²) >= 11 is 4.30. The number of hydrogen-bond donors (Lipinski definition) is 1. The maximum Gasteiger partial charge on any atom is 0.418 e. The molecule has 0 fully saturated rings. The number of halogens is 4. The maximum absolute atomic E-state index is 13.0. The first kappa shape index (κ1) is 20.5. The Morgan fingerprint density at radius 2 is 2.00 bits per heavy atom. The molecular weight excluding hydrogens is 461 g/mol. The maximum atomic E-state index is 13.0. The van der Waals surface area contributed by atoms with Gasteiger partial charge in [0.1, 0.15) is 0 Å². The number of nitrogens with zero attached hydrogens (tertiary/aromatic N) is 3. The van der Waals surface area contributed by atoms with Crippen molar-refractivity contribution in [1.29, 1.82) is 0 Å². The minimum Gasteiger partial charge on any atom is -0.446 e. The van der Waals surface area contributed by atoms with Crippen LogP contribution in [0.2, 0.25) is 0 Å². The number of para-hydroxylation sites is 1. The van der Waals surface area contributed by atoms with Gasteiger partial charge in [-0.3, -0.25) is 9.36 Å². The van der Waals surface area contributed by atoms with Crippen molar-refractivity contribution in [2.24, 2.45) is 0 Å². The molecule has 0 aliphatic carbocycles. The summed E-state index contributed by atoms with van der Waals surface area (Å²) < 4.78 is 46.8. The molecule has 6 nitrogen and oxygen atoms in total. The van der Waals surface area contributed by atoms with Gasteiger partial charge in [-0.05, 0) is 47.1 Å². The molecule has 1 amide bonds.